The maximum absolute atomic E-state index is 11.5. The van der Waals surface area contributed by atoms with Crippen LogP contribution in [-0.2, 0) is 9.53 Å². The van der Waals surface area contributed by atoms with Crippen LogP contribution in [0.3, 0.4) is 0 Å². The Hall–Kier alpha value is -1.16. The molecule has 0 saturated heterocycles. The molecule has 0 spiro atoms. The van der Waals surface area contributed by atoms with Crippen LogP contribution in [0.15, 0.2) is 24.3 Å². The van der Waals surface area contributed by atoms with E-state index in [9.17, 15) is 4.79 Å². The van der Waals surface area contributed by atoms with E-state index in [1.54, 1.807) is 6.92 Å². The molecule has 0 heterocycles. The molecule has 0 amide bonds. The standard InChI is InChI=1S/C15H22O3S/c1-4-17-15(16)14(19)12-5-7-13(8-6-12)18-10-9-11(2)3/h5-8,11,14,19H,4,9-10H2,1-3H3. The topological polar surface area (TPSA) is 35.5 Å². The highest BCUT2D eigenvalue weighted by Gasteiger charge is 2.17. The second kappa shape index (κ2) is 8.10. The van der Waals surface area contributed by atoms with E-state index < -0.39 is 5.25 Å². The zero-order chi connectivity index (χ0) is 14.3. The SMILES string of the molecule is CCOC(=O)C(S)c1ccc(OCCC(C)C)cc1. The normalized spacial score (nSPS) is 12.3. The van der Waals surface area contributed by atoms with Crippen molar-refractivity contribution in [2.45, 2.75) is 32.4 Å². The Morgan fingerprint density at radius 2 is 1.89 bits per heavy atom. The minimum absolute atomic E-state index is 0.320. The van der Waals surface area contributed by atoms with Gasteiger partial charge < -0.3 is 9.47 Å². The number of benzene rings is 1. The highest BCUT2D eigenvalue weighted by molar-refractivity contribution is 7.81. The molecular weight excluding hydrogens is 260 g/mol. The summed E-state index contributed by atoms with van der Waals surface area (Å²) in [5.74, 6) is 1.12. The fourth-order valence-corrected chi connectivity index (χ4v) is 1.76. The van der Waals surface area contributed by atoms with Gasteiger partial charge in [-0.05, 0) is 37.0 Å². The molecule has 1 aromatic carbocycles. The van der Waals surface area contributed by atoms with Gasteiger partial charge in [-0.15, -0.1) is 0 Å². The van der Waals surface area contributed by atoms with Crippen molar-refractivity contribution in [3.63, 3.8) is 0 Å². The number of rotatable bonds is 7. The van der Waals surface area contributed by atoms with Crippen molar-refractivity contribution in [3.05, 3.63) is 29.8 Å². The fraction of sp³-hybridized carbons (Fsp3) is 0.533. The Labute approximate surface area is 120 Å². The lowest BCUT2D eigenvalue weighted by molar-refractivity contribution is -0.142. The summed E-state index contributed by atoms with van der Waals surface area (Å²) in [6.07, 6.45) is 1.03. The summed E-state index contributed by atoms with van der Waals surface area (Å²) >= 11 is 4.26. The monoisotopic (exact) mass is 282 g/mol. The lowest BCUT2D eigenvalue weighted by Crippen LogP contribution is -2.11. The van der Waals surface area contributed by atoms with E-state index in [1.165, 1.54) is 0 Å². The molecule has 0 aliphatic heterocycles. The first-order valence-corrected chi connectivity index (χ1v) is 7.13. The number of hydrogen-bond acceptors (Lipinski definition) is 4. The Morgan fingerprint density at radius 3 is 2.42 bits per heavy atom. The van der Waals surface area contributed by atoms with Gasteiger partial charge in [-0.25, -0.2) is 0 Å². The first-order chi connectivity index (χ1) is 9.04. The zero-order valence-corrected chi connectivity index (χ0v) is 12.7. The molecule has 0 aliphatic carbocycles. The van der Waals surface area contributed by atoms with Crippen LogP contribution in [0, 0.1) is 5.92 Å². The molecule has 0 aliphatic rings. The van der Waals surface area contributed by atoms with Gasteiger partial charge in [0.05, 0.1) is 13.2 Å². The molecule has 0 bridgehead atoms. The number of thiol groups is 1. The Bertz CT molecular complexity index is 387. The Balaban J connectivity index is 2.53. The Kier molecular flexibility index (Phi) is 6.78. The van der Waals surface area contributed by atoms with Gasteiger partial charge in [0, 0.05) is 0 Å². The maximum atomic E-state index is 11.5. The van der Waals surface area contributed by atoms with Crippen LogP contribution in [0.4, 0.5) is 0 Å². The molecule has 1 aromatic rings. The number of ether oxygens (including phenoxy) is 2. The van der Waals surface area contributed by atoms with Crippen molar-refractivity contribution >= 4 is 18.6 Å². The number of esters is 1. The van der Waals surface area contributed by atoms with Crippen molar-refractivity contribution in [1.29, 1.82) is 0 Å². The molecule has 0 N–H and O–H groups in total. The van der Waals surface area contributed by atoms with Gasteiger partial charge >= 0.3 is 5.97 Å². The van der Waals surface area contributed by atoms with E-state index in [1.807, 2.05) is 24.3 Å². The molecule has 0 fully saturated rings. The van der Waals surface area contributed by atoms with Crippen LogP contribution in [0.1, 0.15) is 38.0 Å². The van der Waals surface area contributed by atoms with Gasteiger partial charge in [0.2, 0.25) is 0 Å². The van der Waals surface area contributed by atoms with Crippen molar-refractivity contribution in [2.24, 2.45) is 5.92 Å². The van der Waals surface area contributed by atoms with Crippen molar-refractivity contribution in [2.75, 3.05) is 13.2 Å². The van der Waals surface area contributed by atoms with E-state index in [2.05, 4.69) is 26.5 Å². The molecule has 1 unspecified atom stereocenters. The van der Waals surface area contributed by atoms with Crippen LogP contribution in [0.2, 0.25) is 0 Å². The average Bonchev–Trinajstić information content (AvgIpc) is 2.38. The van der Waals surface area contributed by atoms with Crippen LogP contribution >= 0.6 is 12.6 Å². The predicted molar refractivity (Wildman–Crippen MR) is 79.8 cm³/mol. The van der Waals surface area contributed by atoms with E-state index in [-0.39, 0.29) is 5.97 Å². The van der Waals surface area contributed by atoms with Gasteiger partial charge in [0.15, 0.2) is 0 Å². The van der Waals surface area contributed by atoms with Gasteiger partial charge in [0.25, 0.3) is 0 Å². The van der Waals surface area contributed by atoms with Gasteiger partial charge in [-0.3, -0.25) is 4.79 Å². The minimum atomic E-state index is -0.537. The molecule has 0 saturated carbocycles. The molecule has 0 radical (unpaired) electrons. The summed E-state index contributed by atoms with van der Waals surface area (Å²) in [4.78, 5) is 11.5. The van der Waals surface area contributed by atoms with Gasteiger partial charge in [0.1, 0.15) is 11.0 Å². The van der Waals surface area contributed by atoms with Crippen LogP contribution in [-0.4, -0.2) is 19.2 Å². The average molecular weight is 282 g/mol. The van der Waals surface area contributed by atoms with E-state index in [0.29, 0.717) is 19.1 Å². The van der Waals surface area contributed by atoms with Crippen LogP contribution < -0.4 is 4.74 Å². The largest absolute Gasteiger partial charge is 0.494 e. The van der Waals surface area contributed by atoms with E-state index in [4.69, 9.17) is 9.47 Å². The third kappa shape index (κ3) is 5.55. The van der Waals surface area contributed by atoms with E-state index >= 15 is 0 Å². The summed E-state index contributed by atoms with van der Waals surface area (Å²) in [5.41, 5.74) is 0.818. The molecule has 1 rings (SSSR count). The van der Waals surface area contributed by atoms with Crippen molar-refractivity contribution in [1.82, 2.24) is 0 Å². The smallest absolute Gasteiger partial charge is 0.323 e. The summed E-state index contributed by atoms with van der Waals surface area (Å²) < 4.78 is 10.6. The molecular formula is C15H22O3S. The van der Waals surface area contributed by atoms with Crippen molar-refractivity contribution in [3.8, 4) is 5.75 Å². The number of carbonyl (C=O) groups excluding carboxylic acids is 1. The van der Waals surface area contributed by atoms with E-state index in [0.717, 1.165) is 17.7 Å². The lowest BCUT2D eigenvalue weighted by atomic mass is 10.1. The first kappa shape index (κ1) is 15.9. The molecule has 1 atom stereocenters. The summed E-state index contributed by atoms with van der Waals surface area (Å²) in [7, 11) is 0. The second-order valence-corrected chi connectivity index (χ2v) is 5.27. The third-order valence-corrected chi connectivity index (χ3v) is 3.18. The van der Waals surface area contributed by atoms with Gasteiger partial charge in [-0.2, -0.15) is 12.6 Å². The second-order valence-electron chi connectivity index (χ2n) is 4.75. The predicted octanol–water partition coefficient (Wildman–Crippen LogP) is 3.65. The minimum Gasteiger partial charge on any atom is -0.494 e. The van der Waals surface area contributed by atoms with Crippen LogP contribution in [0.5, 0.6) is 5.75 Å². The quantitative estimate of drug-likeness (QED) is 0.612. The Morgan fingerprint density at radius 1 is 1.26 bits per heavy atom. The lowest BCUT2D eigenvalue weighted by Gasteiger charge is -2.12. The molecule has 3 nitrogen and oxygen atoms in total. The summed E-state index contributed by atoms with van der Waals surface area (Å²) in [6.45, 7) is 7.18. The highest BCUT2D eigenvalue weighted by atomic mass is 32.1. The van der Waals surface area contributed by atoms with Crippen LogP contribution in [0.25, 0.3) is 0 Å². The molecule has 19 heavy (non-hydrogen) atoms. The number of carbonyl (C=O) groups is 1. The molecule has 0 aromatic heterocycles. The van der Waals surface area contributed by atoms with Gasteiger partial charge in [-0.1, -0.05) is 26.0 Å². The summed E-state index contributed by atoms with van der Waals surface area (Å²) in [6, 6.07) is 7.41. The summed E-state index contributed by atoms with van der Waals surface area (Å²) in [5, 5.41) is -0.537. The third-order valence-electron chi connectivity index (χ3n) is 2.67. The zero-order valence-electron chi connectivity index (χ0n) is 11.8. The fourth-order valence-electron chi connectivity index (χ4n) is 1.52. The highest BCUT2D eigenvalue weighted by Crippen LogP contribution is 2.24. The molecule has 106 valence electrons. The molecule has 4 heteroatoms. The number of hydrogen-bond donors (Lipinski definition) is 1. The maximum Gasteiger partial charge on any atom is 0.323 e. The first-order valence-electron chi connectivity index (χ1n) is 6.62. The van der Waals surface area contributed by atoms with Crippen molar-refractivity contribution < 1.29 is 14.3 Å².